The molecule has 0 unspecified atom stereocenters. The predicted molar refractivity (Wildman–Crippen MR) is 77.8 cm³/mol. The van der Waals surface area contributed by atoms with Crippen LogP contribution in [0, 0.1) is 13.8 Å². The first-order valence-electron chi connectivity index (χ1n) is 6.20. The first-order chi connectivity index (χ1) is 9.06. The number of nitrogens with two attached hydrogens (primary N) is 1. The van der Waals surface area contributed by atoms with Crippen molar-refractivity contribution in [1.29, 1.82) is 0 Å². The van der Waals surface area contributed by atoms with Crippen molar-refractivity contribution in [2.24, 2.45) is 0 Å². The Morgan fingerprint density at radius 2 is 2.21 bits per heavy atom. The van der Waals surface area contributed by atoms with Gasteiger partial charge in [0.15, 0.2) is 0 Å². The molecule has 3 rings (SSSR count). The molecule has 2 N–H and O–H groups in total. The summed E-state index contributed by atoms with van der Waals surface area (Å²) in [6.07, 6.45) is 0.887. The maximum Gasteiger partial charge on any atom is 0.270 e. The number of benzene rings is 1. The Bertz CT molecular complexity index is 663. The molecule has 1 aliphatic heterocycles. The Balaban J connectivity index is 2.00. The van der Waals surface area contributed by atoms with E-state index in [1.54, 1.807) is 0 Å². The van der Waals surface area contributed by atoms with Crippen LogP contribution in [0.2, 0.25) is 0 Å². The lowest BCUT2D eigenvalue weighted by Crippen LogP contribution is -2.28. The van der Waals surface area contributed by atoms with E-state index >= 15 is 0 Å². The largest absolute Gasteiger partial charge is 0.399 e. The van der Waals surface area contributed by atoms with E-state index < -0.39 is 0 Å². The highest BCUT2D eigenvalue weighted by molar-refractivity contribution is 7.13. The number of anilines is 2. The maximum absolute atomic E-state index is 12.6. The SMILES string of the molecule is Cc1nc(C)c(C(=O)N2CCc3ccc(N)cc32)s1. The number of aryl methyl sites for hydroxylation is 2. The van der Waals surface area contributed by atoms with Gasteiger partial charge in [-0.3, -0.25) is 4.79 Å². The van der Waals surface area contributed by atoms with Crippen LogP contribution < -0.4 is 10.6 Å². The van der Waals surface area contributed by atoms with E-state index in [1.807, 2.05) is 36.9 Å². The number of carbonyl (C=O) groups excluding carboxylic acids is 1. The topological polar surface area (TPSA) is 59.2 Å². The summed E-state index contributed by atoms with van der Waals surface area (Å²) in [6.45, 7) is 4.52. The lowest BCUT2D eigenvalue weighted by molar-refractivity contribution is 0.0992. The second-order valence-corrected chi connectivity index (χ2v) is 5.95. The number of hydrogen-bond donors (Lipinski definition) is 1. The fourth-order valence-corrected chi connectivity index (χ4v) is 3.33. The van der Waals surface area contributed by atoms with Gasteiger partial charge >= 0.3 is 0 Å². The fourth-order valence-electron chi connectivity index (χ4n) is 2.46. The number of thiazole rings is 1. The third-order valence-corrected chi connectivity index (χ3v) is 4.41. The quantitative estimate of drug-likeness (QED) is 0.812. The molecular formula is C14H15N3OS. The van der Waals surface area contributed by atoms with Crippen LogP contribution in [-0.4, -0.2) is 17.4 Å². The average Bonchev–Trinajstić information content (AvgIpc) is 2.91. The molecule has 5 heteroatoms. The van der Waals surface area contributed by atoms with Crippen molar-refractivity contribution in [1.82, 2.24) is 4.98 Å². The van der Waals surface area contributed by atoms with Crippen LogP contribution in [0.5, 0.6) is 0 Å². The van der Waals surface area contributed by atoms with Crippen molar-refractivity contribution in [3.63, 3.8) is 0 Å². The monoisotopic (exact) mass is 273 g/mol. The molecule has 0 saturated heterocycles. The zero-order valence-electron chi connectivity index (χ0n) is 10.9. The van der Waals surface area contributed by atoms with Crippen LogP contribution in [0.15, 0.2) is 18.2 Å². The van der Waals surface area contributed by atoms with Gasteiger partial charge in [-0.1, -0.05) is 6.07 Å². The summed E-state index contributed by atoms with van der Waals surface area (Å²) in [6, 6.07) is 5.76. The molecule has 2 aromatic rings. The summed E-state index contributed by atoms with van der Waals surface area (Å²) in [7, 11) is 0. The van der Waals surface area contributed by atoms with Crippen LogP contribution >= 0.6 is 11.3 Å². The van der Waals surface area contributed by atoms with E-state index in [-0.39, 0.29) is 5.91 Å². The Labute approximate surface area is 115 Å². The standard InChI is InChI=1S/C14H15N3OS/c1-8-13(19-9(2)16-8)14(18)17-6-5-10-3-4-11(15)7-12(10)17/h3-4,7H,5-6,15H2,1-2H3. The summed E-state index contributed by atoms with van der Waals surface area (Å²) >= 11 is 1.45. The highest BCUT2D eigenvalue weighted by Gasteiger charge is 2.28. The summed E-state index contributed by atoms with van der Waals surface area (Å²) in [5, 5.41) is 0.924. The van der Waals surface area contributed by atoms with Gasteiger partial charge in [0.25, 0.3) is 5.91 Å². The molecule has 0 radical (unpaired) electrons. The summed E-state index contributed by atoms with van der Waals surface area (Å²) < 4.78 is 0. The van der Waals surface area contributed by atoms with Crippen molar-refractivity contribution in [2.75, 3.05) is 17.2 Å². The smallest absolute Gasteiger partial charge is 0.270 e. The number of carbonyl (C=O) groups is 1. The Kier molecular flexibility index (Phi) is 2.78. The molecule has 0 spiro atoms. The third kappa shape index (κ3) is 2.00. The summed E-state index contributed by atoms with van der Waals surface area (Å²) in [5.74, 6) is 0.0347. The second-order valence-electron chi connectivity index (χ2n) is 4.74. The Morgan fingerprint density at radius 3 is 2.89 bits per heavy atom. The minimum absolute atomic E-state index is 0.0347. The lowest BCUT2D eigenvalue weighted by Gasteiger charge is -2.17. The maximum atomic E-state index is 12.6. The molecular weight excluding hydrogens is 258 g/mol. The van der Waals surface area contributed by atoms with Crippen LogP contribution in [0.3, 0.4) is 0 Å². The minimum Gasteiger partial charge on any atom is -0.399 e. The van der Waals surface area contributed by atoms with Crippen molar-refractivity contribution in [3.8, 4) is 0 Å². The molecule has 1 aliphatic rings. The minimum atomic E-state index is 0.0347. The van der Waals surface area contributed by atoms with E-state index in [4.69, 9.17) is 5.73 Å². The van der Waals surface area contributed by atoms with Crippen LogP contribution in [0.1, 0.15) is 25.9 Å². The molecule has 1 amide bonds. The molecule has 1 aromatic heterocycles. The molecule has 4 nitrogen and oxygen atoms in total. The van der Waals surface area contributed by atoms with Gasteiger partial charge in [-0.05, 0) is 38.0 Å². The number of rotatable bonds is 1. The molecule has 19 heavy (non-hydrogen) atoms. The molecule has 0 saturated carbocycles. The van der Waals surface area contributed by atoms with Crippen LogP contribution in [-0.2, 0) is 6.42 Å². The first-order valence-corrected chi connectivity index (χ1v) is 7.02. The average molecular weight is 273 g/mol. The Morgan fingerprint density at radius 1 is 1.42 bits per heavy atom. The van der Waals surface area contributed by atoms with E-state index in [0.29, 0.717) is 12.2 Å². The van der Waals surface area contributed by atoms with E-state index in [9.17, 15) is 4.79 Å². The van der Waals surface area contributed by atoms with Gasteiger partial charge < -0.3 is 10.6 Å². The highest BCUT2D eigenvalue weighted by Crippen LogP contribution is 2.32. The van der Waals surface area contributed by atoms with Crippen molar-refractivity contribution >= 4 is 28.6 Å². The summed E-state index contributed by atoms with van der Waals surface area (Å²) in [4.78, 5) is 19.5. The normalized spacial score (nSPS) is 13.7. The molecule has 98 valence electrons. The second kappa shape index (κ2) is 4.35. The number of nitrogen functional groups attached to an aromatic ring is 1. The zero-order valence-corrected chi connectivity index (χ0v) is 11.8. The van der Waals surface area contributed by atoms with E-state index in [1.165, 1.54) is 16.9 Å². The van der Waals surface area contributed by atoms with Gasteiger partial charge in [-0.25, -0.2) is 4.98 Å². The van der Waals surface area contributed by atoms with Gasteiger partial charge in [0, 0.05) is 17.9 Å². The number of fused-ring (bicyclic) bond motifs is 1. The Hall–Kier alpha value is -1.88. The molecule has 1 aromatic carbocycles. The van der Waals surface area contributed by atoms with Crippen LogP contribution in [0.4, 0.5) is 11.4 Å². The van der Waals surface area contributed by atoms with Crippen molar-refractivity contribution < 1.29 is 4.79 Å². The fraction of sp³-hybridized carbons (Fsp3) is 0.286. The molecule has 0 bridgehead atoms. The molecule has 0 aliphatic carbocycles. The van der Waals surface area contributed by atoms with E-state index in [2.05, 4.69) is 4.98 Å². The molecule has 0 fully saturated rings. The molecule has 2 heterocycles. The zero-order chi connectivity index (χ0) is 13.6. The van der Waals surface area contributed by atoms with Crippen molar-refractivity contribution in [2.45, 2.75) is 20.3 Å². The predicted octanol–water partition coefficient (Wildman–Crippen LogP) is 2.55. The van der Waals surface area contributed by atoms with E-state index in [0.717, 1.165) is 27.7 Å². The first kappa shape index (κ1) is 12.2. The van der Waals surface area contributed by atoms with Gasteiger partial charge in [-0.2, -0.15) is 0 Å². The van der Waals surface area contributed by atoms with Gasteiger partial charge in [0.1, 0.15) is 4.88 Å². The van der Waals surface area contributed by atoms with Crippen molar-refractivity contribution in [3.05, 3.63) is 39.3 Å². The lowest BCUT2D eigenvalue weighted by atomic mass is 10.1. The number of hydrogen-bond acceptors (Lipinski definition) is 4. The van der Waals surface area contributed by atoms with Gasteiger partial charge in [0.2, 0.25) is 0 Å². The third-order valence-electron chi connectivity index (χ3n) is 3.35. The van der Waals surface area contributed by atoms with Gasteiger partial charge in [-0.15, -0.1) is 11.3 Å². The van der Waals surface area contributed by atoms with Crippen LogP contribution in [0.25, 0.3) is 0 Å². The summed E-state index contributed by atoms with van der Waals surface area (Å²) in [5.41, 5.74) is 9.44. The number of aromatic nitrogens is 1. The highest BCUT2D eigenvalue weighted by atomic mass is 32.1. The number of nitrogens with zero attached hydrogens (tertiary/aromatic N) is 2. The van der Waals surface area contributed by atoms with Gasteiger partial charge in [0.05, 0.1) is 10.7 Å². The molecule has 0 atom stereocenters. The number of amides is 1.